The lowest BCUT2D eigenvalue weighted by atomic mass is 9.94. The van der Waals surface area contributed by atoms with Crippen LogP contribution in [-0.2, 0) is 11.3 Å². The molecule has 2 atom stereocenters. The van der Waals surface area contributed by atoms with Gasteiger partial charge >= 0.3 is 0 Å². The summed E-state index contributed by atoms with van der Waals surface area (Å²) >= 11 is 0. The van der Waals surface area contributed by atoms with Crippen molar-refractivity contribution < 1.29 is 19.7 Å². The quantitative estimate of drug-likeness (QED) is 0.642. The van der Waals surface area contributed by atoms with Crippen molar-refractivity contribution in [3.63, 3.8) is 0 Å². The van der Waals surface area contributed by atoms with Gasteiger partial charge in [-0.05, 0) is 6.07 Å². The van der Waals surface area contributed by atoms with Crippen molar-refractivity contribution >= 4 is 35.9 Å². The number of anilines is 1. The Morgan fingerprint density at radius 1 is 1.36 bits per heavy atom. The molecular weight excluding hydrogens is 371 g/mol. The van der Waals surface area contributed by atoms with Crippen LogP contribution < -0.4 is 21.1 Å². The van der Waals surface area contributed by atoms with Gasteiger partial charge in [0, 0.05) is 7.85 Å². The number of hydrogen-bond acceptors (Lipinski definition) is 6. The number of nitrogens with one attached hydrogen (secondary N) is 1. The van der Waals surface area contributed by atoms with Gasteiger partial charge in [-0.2, -0.15) is 0 Å². The Labute approximate surface area is 159 Å². The number of alkyl halides is 1. The molecule has 142 valence electrons. The molecule has 1 fully saturated rings. The normalized spacial score (nSPS) is 18.1. The number of hydrogen-bond donors (Lipinski definition) is 1. The molecular formula is C17H14BF2N5O3. The summed E-state index contributed by atoms with van der Waals surface area (Å²) in [7, 11) is 5.76. The monoisotopic (exact) mass is 385 g/mol. The third-order valence-electron chi connectivity index (χ3n) is 4.04. The SMILES string of the molecule is [B]c1ccc2c(=O)n(CC(=O)Nc3ncc(F)cn3)nc(O[C@H]3CC3F)c2c1.[HH]. The van der Waals surface area contributed by atoms with E-state index < -0.39 is 36.1 Å². The Bertz CT molecular complexity index is 1130. The topological polar surface area (TPSA) is 99.0 Å². The molecule has 2 aromatic heterocycles. The molecule has 4 rings (SSSR count). The maximum atomic E-state index is 13.3. The number of ether oxygens (including phenoxy) is 1. The Kier molecular flexibility index (Phi) is 4.50. The first-order valence-corrected chi connectivity index (χ1v) is 8.29. The molecule has 1 N–H and O–H groups in total. The van der Waals surface area contributed by atoms with Gasteiger partial charge < -0.3 is 4.74 Å². The van der Waals surface area contributed by atoms with Crippen LogP contribution in [0.15, 0.2) is 35.4 Å². The highest BCUT2D eigenvalue weighted by atomic mass is 19.1. The predicted molar refractivity (Wildman–Crippen MR) is 98.1 cm³/mol. The molecule has 1 saturated carbocycles. The van der Waals surface area contributed by atoms with Crippen molar-refractivity contribution in [2.24, 2.45) is 0 Å². The van der Waals surface area contributed by atoms with Gasteiger partial charge in [-0.3, -0.25) is 14.9 Å². The van der Waals surface area contributed by atoms with E-state index in [-0.39, 0.29) is 25.1 Å². The fourth-order valence-corrected chi connectivity index (χ4v) is 2.55. The van der Waals surface area contributed by atoms with Crippen LogP contribution in [0.3, 0.4) is 0 Å². The Hall–Kier alpha value is -3.37. The van der Waals surface area contributed by atoms with Gasteiger partial charge in [-0.1, -0.05) is 17.6 Å². The number of benzene rings is 1. The molecule has 0 aliphatic heterocycles. The van der Waals surface area contributed by atoms with Gasteiger partial charge in [0.1, 0.15) is 26.7 Å². The molecule has 8 nitrogen and oxygen atoms in total. The lowest BCUT2D eigenvalue weighted by molar-refractivity contribution is -0.117. The summed E-state index contributed by atoms with van der Waals surface area (Å²) in [5, 5.41) is 6.94. The van der Waals surface area contributed by atoms with Crippen LogP contribution in [-0.4, -0.2) is 45.8 Å². The number of carbonyl (C=O) groups is 1. The summed E-state index contributed by atoms with van der Waals surface area (Å²) in [4.78, 5) is 32.1. The minimum atomic E-state index is -1.10. The summed E-state index contributed by atoms with van der Waals surface area (Å²) in [6.07, 6.45) is 0.263. The van der Waals surface area contributed by atoms with Crippen molar-refractivity contribution in [2.45, 2.75) is 25.2 Å². The molecule has 0 spiro atoms. The number of fused-ring (bicyclic) bond motifs is 1. The molecule has 1 unspecified atom stereocenters. The van der Waals surface area contributed by atoms with Crippen LogP contribution in [0, 0.1) is 5.82 Å². The number of aromatic nitrogens is 4. The van der Waals surface area contributed by atoms with E-state index in [0.29, 0.717) is 10.8 Å². The summed E-state index contributed by atoms with van der Waals surface area (Å²) in [6.45, 7) is -0.472. The number of amides is 1. The Balaban J connectivity index is 0.00000240. The molecule has 3 aromatic rings. The molecule has 1 aromatic carbocycles. The third-order valence-corrected chi connectivity index (χ3v) is 4.04. The molecule has 1 aliphatic carbocycles. The summed E-state index contributed by atoms with van der Waals surface area (Å²) in [5.41, 5.74) is -0.166. The summed E-state index contributed by atoms with van der Waals surface area (Å²) < 4.78 is 32.5. The van der Waals surface area contributed by atoms with E-state index in [1.165, 1.54) is 18.2 Å². The van der Waals surface area contributed by atoms with Crippen molar-refractivity contribution in [1.82, 2.24) is 19.7 Å². The lowest BCUT2D eigenvalue weighted by Crippen LogP contribution is -2.31. The van der Waals surface area contributed by atoms with Crippen molar-refractivity contribution in [1.29, 1.82) is 0 Å². The van der Waals surface area contributed by atoms with E-state index >= 15 is 0 Å². The molecule has 1 amide bonds. The molecule has 1 aliphatic rings. The molecule has 11 heteroatoms. The van der Waals surface area contributed by atoms with E-state index in [4.69, 9.17) is 12.6 Å². The maximum Gasteiger partial charge on any atom is 0.275 e. The number of nitrogens with zero attached hydrogens (tertiary/aromatic N) is 4. The highest BCUT2D eigenvalue weighted by Crippen LogP contribution is 2.32. The van der Waals surface area contributed by atoms with Crippen molar-refractivity contribution in [2.75, 3.05) is 5.32 Å². The van der Waals surface area contributed by atoms with Crippen LogP contribution in [0.5, 0.6) is 5.88 Å². The first-order valence-electron chi connectivity index (χ1n) is 8.29. The molecule has 28 heavy (non-hydrogen) atoms. The molecule has 0 bridgehead atoms. The van der Waals surface area contributed by atoms with E-state index in [2.05, 4.69) is 20.4 Å². The van der Waals surface area contributed by atoms with Gasteiger partial charge in [0.25, 0.3) is 5.56 Å². The molecule has 2 heterocycles. The highest BCUT2D eigenvalue weighted by Gasteiger charge is 2.41. The molecule has 0 saturated heterocycles. The second-order valence-electron chi connectivity index (χ2n) is 6.25. The van der Waals surface area contributed by atoms with Crippen LogP contribution in [0.1, 0.15) is 7.85 Å². The van der Waals surface area contributed by atoms with Crippen LogP contribution in [0.4, 0.5) is 14.7 Å². The third kappa shape index (κ3) is 3.68. The zero-order chi connectivity index (χ0) is 19.8. The number of rotatable bonds is 5. The van der Waals surface area contributed by atoms with Crippen molar-refractivity contribution in [3.05, 3.63) is 46.8 Å². The van der Waals surface area contributed by atoms with Crippen LogP contribution >= 0.6 is 0 Å². The Morgan fingerprint density at radius 3 is 2.75 bits per heavy atom. The lowest BCUT2D eigenvalue weighted by Gasteiger charge is -2.12. The average Bonchev–Trinajstić information content (AvgIpc) is 3.35. The van der Waals surface area contributed by atoms with Gasteiger partial charge in [-0.15, -0.1) is 5.10 Å². The zero-order valence-corrected chi connectivity index (χ0v) is 14.3. The number of halogens is 2. The predicted octanol–water partition coefficient (Wildman–Crippen LogP) is 0.493. The van der Waals surface area contributed by atoms with Gasteiger partial charge in [0.05, 0.1) is 23.2 Å². The van der Waals surface area contributed by atoms with Gasteiger partial charge in [0.2, 0.25) is 17.7 Å². The fourth-order valence-electron chi connectivity index (χ4n) is 2.55. The fraction of sp³-hybridized carbons (Fsp3) is 0.235. The van der Waals surface area contributed by atoms with Crippen LogP contribution in [0.2, 0.25) is 0 Å². The van der Waals surface area contributed by atoms with E-state index in [1.807, 2.05) is 0 Å². The first kappa shape index (κ1) is 18.0. The standard InChI is InChI=1S/C17H12BF2N5O3.H2/c18-8-1-2-10-11(3-8)15(28-13-4-12(13)20)24-25(16(10)27)7-14(26)23-17-21-5-9(19)6-22-17;/h1-3,5-6,12-13H,4,7H2,(H,21,22,23,26);1H/t12?,13-;/m0./s1. The highest BCUT2D eigenvalue weighted by molar-refractivity contribution is 6.33. The Morgan fingerprint density at radius 2 is 2.07 bits per heavy atom. The largest absolute Gasteiger partial charge is 0.470 e. The second-order valence-corrected chi connectivity index (χ2v) is 6.25. The van der Waals surface area contributed by atoms with E-state index in [1.54, 1.807) is 0 Å². The van der Waals surface area contributed by atoms with Gasteiger partial charge in [-0.25, -0.2) is 23.4 Å². The zero-order valence-electron chi connectivity index (χ0n) is 14.3. The first-order chi connectivity index (χ1) is 13.4. The average molecular weight is 385 g/mol. The molecule has 2 radical (unpaired) electrons. The van der Waals surface area contributed by atoms with E-state index in [9.17, 15) is 18.4 Å². The summed E-state index contributed by atoms with van der Waals surface area (Å²) in [6, 6.07) is 4.52. The van der Waals surface area contributed by atoms with E-state index in [0.717, 1.165) is 17.1 Å². The minimum Gasteiger partial charge on any atom is -0.470 e. The second kappa shape index (κ2) is 6.99. The van der Waals surface area contributed by atoms with Crippen LogP contribution in [0.25, 0.3) is 10.8 Å². The maximum absolute atomic E-state index is 13.3. The van der Waals surface area contributed by atoms with Crippen molar-refractivity contribution in [3.8, 4) is 5.88 Å². The number of carbonyl (C=O) groups excluding carboxylic acids is 1. The van der Waals surface area contributed by atoms with Gasteiger partial charge in [0.15, 0.2) is 5.82 Å². The smallest absolute Gasteiger partial charge is 0.275 e. The minimum absolute atomic E-state index is 0. The summed E-state index contributed by atoms with van der Waals surface area (Å²) in [5.74, 6) is -1.42.